The smallest absolute Gasteiger partial charge is 0.142 e. The van der Waals surface area contributed by atoms with Gasteiger partial charge in [-0.25, -0.2) is 4.98 Å². The summed E-state index contributed by atoms with van der Waals surface area (Å²) in [6.45, 7) is 4.49. The van der Waals surface area contributed by atoms with Crippen LogP contribution in [0.1, 0.15) is 23.9 Å². The quantitative estimate of drug-likeness (QED) is 0.799. The molecule has 1 N–H and O–H groups in total. The van der Waals surface area contributed by atoms with Crippen LogP contribution < -0.4 is 0 Å². The van der Waals surface area contributed by atoms with Crippen molar-refractivity contribution in [2.24, 2.45) is 0 Å². The minimum Gasteiger partial charge on any atom is -0.380 e. The summed E-state index contributed by atoms with van der Waals surface area (Å²) in [7, 11) is 0. The second-order valence-electron chi connectivity index (χ2n) is 3.87. The van der Waals surface area contributed by atoms with E-state index in [-0.39, 0.29) is 0 Å². The number of benzene rings is 1. The predicted octanol–water partition coefficient (Wildman–Crippen LogP) is 2.54. The molecule has 1 heterocycles. The molecule has 17 heavy (non-hydrogen) atoms. The van der Waals surface area contributed by atoms with E-state index in [0.29, 0.717) is 5.82 Å². The molecule has 1 atom stereocenters. The summed E-state index contributed by atoms with van der Waals surface area (Å²) in [6, 6.07) is 9.56. The molecule has 3 nitrogen and oxygen atoms in total. The average Bonchev–Trinajstić information content (AvgIpc) is 2.84. The van der Waals surface area contributed by atoms with Crippen LogP contribution in [0.15, 0.2) is 55.4 Å². The normalized spacial score (nSPS) is 12.3. The van der Waals surface area contributed by atoms with Crippen molar-refractivity contribution in [3.05, 3.63) is 66.8 Å². The summed E-state index contributed by atoms with van der Waals surface area (Å²) < 4.78 is 1.96. The molecule has 1 aromatic carbocycles. The highest BCUT2D eigenvalue weighted by Gasteiger charge is 2.15. The maximum atomic E-state index is 10.3. The van der Waals surface area contributed by atoms with Crippen molar-refractivity contribution in [2.75, 3.05) is 0 Å². The van der Waals surface area contributed by atoms with Crippen LogP contribution in [-0.2, 0) is 6.54 Å². The minimum absolute atomic E-state index is 0.670. The van der Waals surface area contributed by atoms with Crippen molar-refractivity contribution in [3.63, 3.8) is 0 Å². The van der Waals surface area contributed by atoms with Crippen LogP contribution in [0.5, 0.6) is 0 Å². The maximum Gasteiger partial charge on any atom is 0.142 e. The summed E-state index contributed by atoms with van der Waals surface area (Å²) >= 11 is 0. The number of imidazole rings is 1. The van der Waals surface area contributed by atoms with Crippen LogP contribution in [0.4, 0.5) is 0 Å². The highest BCUT2D eigenvalue weighted by Crippen LogP contribution is 2.20. The molecule has 2 rings (SSSR count). The van der Waals surface area contributed by atoms with E-state index < -0.39 is 6.10 Å². The lowest BCUT2D eigenvalue weighted by Gasteiger charge is -2.12. The highest BCUT2D eigenvalue weighted by atomic mass is 16.3. The number of aryl methyl sites for hydroxylation is 1. The van der Waals surface area contributed by atoms with Crippen molar-refractivity contribution >= 4 is 0 Å². The number of hydrogen-bond acceptors (Lipinski definition) is 2. The van der Waals surface area contributed by atoms with Gasteiger partial charge in [0.25, 0.3) is 0 Å². The van der Waals surface area contributed by atoms with E-state index in [9.17, 15) is 5.11 Å². The molecule has 0 aliphatic carbocycles. The Balaban J connectivity index is 2.22. The van der Waals surface area contributed by atoms with Crippen LogP contribution >= 0.6 is 0 Å². The first-order valence-corrected chi connectivity index (χ1v) is 5.68. The van der Waals surface area contributed by atoms with Gasteiger partial charge in [0.1, 0.15) is 11.9 Å². The van der Waals surface area contributed by atoms with Crippen LogP contribution in [0.2, 0.25) is 0 Å². The van der Waals surface area contributed by atoms with E-state index >= 15 is 0 Å². The molecule has 0 radical (unpaired) electrons. The van der Waals surface area contributed by atoms with Crippen molar-refractivity contribution in [1.29, 1.82) is 0 Å². The second kappa shape index (κ2) is 5.46. The Kier molecular flexibility index (Phi) is 3.73. The zero-order chi connectivity index (χ0) is 12.1. The Labute approximate surface area is 101 Å². The molecule has 0 fully saturated rings. The Bertz CT molecular complexity index is 476. The van der Waals surface area contributed by atoms with Crippen molar-refractivity contribution in [3.8, 4) is 0 Å². The molecule has 0 saturated carbocycles. The molecule has 3 heteroatoms. The fourth-order valence-corrected chi connectivity index (χ4v) is 1.77. The standard InChI is InChI=1S/C14H16N2O/c1-2-3-10-16-11-9-15-14(16)13(17)12-7-5-4-6-8-12/h2,4-9,11,13,17H,1,3,10H2/t13-/m1/s1. The van der Waals surface area contributed by atoms with E-state index in [2.05, 4.69) is 11.6 Å². The van der Waals surface area contributed by atoms with E-state index in [1.165, 1.54) is 0 Å². The minimum atomic E-state index is -0.670. The van der Waals surface area contributed by atoms with Gasteiger partial charge in [-0.05, 0) is 12.0 Å². The van der Waals surface area contributed by atoms with Gasteiger partial charge in [-0.1, -0.05) is 36.4 Å². The molecule has 2 aromatic rings. The number of aliphatic hydroxyl groups is 1. The van der Waals surface area contributed by atoms with E-state index in [1.807, 2.05) is 47.2 Å². The average molecular weight is 228 g/mol. The number of hydrogen-bond donors (Lipinski definition) is 1. The van der Waals surface area contributed by atoms with E-state index in [4.69, 9.17) is 0 Å². The lowest BCUT2D eigenvalue weighted by molar-refractivity contribution is 0.204. The van der Waals surface area contributed by atoms with Crippen LogP contribution in [-0.4, -0.2) is 14.7 Å². The number of aliphatic hydroxyl groups excluding tert-OH is 1. The highest BCUT2D eigenvalue weighted by molar-refractivity contribution is 5.22. The predicted molar refractivity (Wildman–Crippen MR) is 67.5 cm³/mol. The van der Waals surface area contributed by atoms with Gasteiger partial charge in [0, 0.05) is 18.9 Å². The van der Waals surface area contributed by atoms with Gasteiger partial charge in [0.15, 0.2) is 0 Å². The number of allylic oxidation sites excluding steroid dienone is 1. The molecule has 0 aliphatic rings. The molecule has 0 saturated heterocycles. The third-order valence-electron chi connectivity index (χ3n) is 2.68. The Hall–Kier alpha value is -1.87. The van der Waals surface area contributed by atoms with Gasteiger partial charge in [-0.3, -0.25) is 0 Å². The van der Waals surface area contributed by atoms with Crippen LogP contribution in [0, 0.1) is 0 Å². The first kappa shape index (κ1) is 11.6. The SMILES string of the molecule is C=CCCn1ccnc1[C@H](O)c1ccccc1. The largest absolute Gasteiger partial charge is 0.380 e. The lowest BCUT2D eigenvalue weighted by Crippen LogP contribution is -2.09. The number of rotatable bonds is 5. The molecule has 88 valence electrons. The second-order valence-corrected chi connectivity index (χ2v) is 3.87. The van der Waals surface area contributed by atoms with Gasteiger partial charge in [0.05, 0.1) is 0 Å². The molecule has 0 unspecified atom stereocenters. The van der Waals surface area contributed by atoms with Crippen molar-refractivity contribution in [1.82, 2.24) is 9.55 Å². The summed E-state index contributed by atoms with van der Waals surface area (Å²) in [5, 5.41) is 10.3. The summed E-state index contributed by atoms with van der Waals surface area (Å²) in [5.41, 5.74) is 0.860. The van der Waals surface area contributed by atoms with Crippen molar-refractivity contribution < 1.29 is 5.11 Å². The Morgan fingerprint density at radius 3 is 2.82 bits per heavy atom. The van der Waals surface area contributed by atoms with Gasteiger partial charge < -0.3 is 9.67 Å². The molecule has 0 amide bonds. The fraction of sp³-hybridized carbons (Fsp3) is 0.214. The number of aromatic nitrogens is 2. The third kappa shape index (κ3) is 2.63. The Morgan fingerprint density at radius 1 is 1.35 bits per heavy atom. The maximum absolute atomic E-state index is 10.3. The summed E-state index contributed by atoms with van der Waals surface area (Å²) in [6.07, 6.45) is 5.65. The topological polar surface area (TPSA) is 38.0 Å². The van der Waals surface area contributed by atoms with Gasteiger partial charge in [-0.2, -0.15) is 0 Å². The van der Waals surface area contributed by atoms with E-state index in [0.717, 1.165) is 18.5 Å². The van der Waals surface area contributed by atoms with E-state index in [1.54, 1.807) is 6.20 Å². The van der Waals surface area contributed by atoms with Crippen molar-refractivity contribution in [2.45, 2.75) is 19.1 Å². The number of nitrogens with zero attached hydrogens (tertiary/aromatic N) is 2. The molecule has 0 spiro atoms. The van der Waals surface area contributed by atoms with Gasteiger partial charge >= 0.3 is 0 Å². The summed E-state index contributed by atoms with van der Waals surface area (Å²) in [4.78, 5) is 4.22. The Morgan fingerprint density at radius 2 is 2.12 bits per heavy atom. The molecular weight excluding hydrogens is 212 g/mol. The monoisotopic (exact) mass is 228 g/mol. The molecular formula is C14H16N2O. The molecule has 1 aromatic heterocycles. The first-order valence-electron chi connectivity index (χ1n) is 5.68. The lowest BCUT2D eigenvalue weighted by atomic mass is 10.1. The molecule has 0 bridgehead atoms. The first-order chi connectivity index (χ1) is 8.33. The van der Waals surface area contributed by atoms with Crippen LogP contribution in [0.3, 0.4) is 0 Å². The fourth-order valence-electron chi connectivity index (χ4n) is 1.77. The zero-order valence-corrected chi connectivity index (χ0v) is 9.66. The zero-order valence-electron chi connectivity index (χ0n) is 9.66. The third-order valence-corrected chi connectivity index (χ3v) is 2.68. The van der Waals surface area contributed by atoms with Gasteiger partial charge in [0.2, 0.25) is 0 Å². The van der Waals surface area contributed by atoms with Gasteiger partial charge in [-0.15, -0.1) is 6.58 Å². The van der Waals surface area contributed by atoms with Crippen LogP contribution in [0.25, 0.3) is 0 Å². The molecule has 0 aliphatic heterocycles. The summed E-state index contributed by atoms with van der Waals surface area (Å²) in [5.74, 6) is 0.679.